The smallest absolute Gasteiger partial charge is 0.131 e. The predicted molar refractivity (Wildman–Crippen MR) is 83.0 cm³/mol. The Labute approximate surface area is 122 Å². The number of hydrogen-bond acceptors (Lipinski definition) is 3. The van der Waals surface area contributed by atoms with Crippen LogP contribution in [0.4, 0.5) is 0 Å². The summed E-state index contributed by atoms with van der Waals surface area (Å²) in [4.78, 5) is 16.6. The minimum atomic E-state index is -0.407. The third-order valence-corrected chi connectivity index (χ3v) is 4.50. The molecule has 0 aliphatic carbocycles. The van der Waals surface area contributed by atoms with Crippen LogP contribution in [0, 0.1) is 0 Å². The standard InChI is InChI=1S/C17H26N2O/c1-4-19-11-10-18(12-15(19)2)13-17(3,14-20)16-8-6-5-7-9-16/h5-9,14-15H,4,10-13H2,1-3H3. The molecule has 2 rings (SSSR count). The Morgan fingerprint density at radius 1 is 1.30 bits per heavy atom. The maximum atomic E-state index is 11.7. The zero-order valence-corrected chi connectivity index (χ0v) is 12.9. The number of carbonyl (C=O) groups excluding carboxylic acids is 1. The van der Waals surface area contributed by atoms with Crippen LogP contribution in [-0.2, 0) is 10.2 Å². The SMILES string of the molecule is CCN1CCN(CC(C)(C=O)c2ccccc2)CC1C. The maximum Gasteiger partial charge on any atom is 0.131 e. The molecule has 1 aromatic carbocycles. The number of nitrogens with zero attached hydrogens (tertiary/aromatic N) is 2. The Balaban J connectivity index is 2.06. The summed E-state index contributed by atoms with van der Waals surface area (Å²) in [5, 5.41) is 0. The first kappa shape index (κ1) is 15.2. The molecule has 1 fully saturated rings. The van der Waals surface area contributed by atoms with Gasteiger partial charge in [-0.25, -0.2) is 0 Å². The number of rotatable bonds is 5. The van der Waals surface area contributed by atoms with Gasteiger partial charge in [0, 0.05) is 32.2 Å². The summed E-state index contributed by atoms with van der Waals surface area (Å²) in [5.74, 6) is 0. The van der Waals surface area contributed by atoms with Crippen molar-refractivity contribution in [1.82, 2.24) is 9.80 Å². The van der Waals surface area contributed by atoms with E-state index < -0.39 is 5.41 Å². The lowest BCUT2D eigenvalue weighted by Gasteiger charge is -2.42. The number of aldehydes is 1. The van der Waals surface area contributed by atoms with E-state index in [0.29, 0.717) is 6.04 Å². The van der Waals surface area contributed by atoms with E-state index in [-0.39, 0.29) is 0 Å². The van der Waals surface area contributed by atoms with Gasteiger partial charge < -0.3 is 4.79 Å². The highest BCUT2D eigenvalue weighted by molar-refractivity contribution is 5.68. The van der Waals surface area contributed by atoms with Crippen molar-refractivity contribution in [3.05, 3.63) is 35.9 Å². The first-order valence-corrected chi connectivity index (χ1v) is 7.57. The molecule has 0 N–H and O–H groups in total. The second-order valence-electron chi connectivity index (χ2n) is 6.11. The van der Waals surface area contributed by atoms with Crippen molar-refractivity contribution in [1.29, 1.82) is 0 Å². The van der Waals surface area contributed by atoms with Gasteiger partial charge in [0.1, 0.15) is 6.29 Å². The van der Waals surface area contributed by atoms with Crippen molar-refractivity contribution in [3.63, 3.8) is 0 Å². The number of likely N-dealkylation sites (N-methyl/N-ethyl adjacent to an activating group) is 1. The van der Waals surface area contributed by atoms with Crippen LogP contribution in [0.5, 0.6) is 0 Å². The molecule has 0 spiro atoms. The van der Waals surface area contributed by atoms with Gasteiger partial charge in [0.15, 0.2) is 0 Å². The van der Waals surface area contributed by atoms with Gasteiger partial charge in [0.2, 0.25) is 0 Å². The fourth-order valence-corrected chi connectivity index (χ4v) is 3.16. The number of benzene rings is 1. The summed E-state index contributed by atoms with van der Waals surface area (Å²) in [6, 6.07) is 10.7. The van der Waals surface area contributed by atoms with E-state index in [0.717, 1.165) is 44.6 Å². The lowest BCUT2D eigenvalue weighted by Crippen LogP contribution is -2.54. The van der Waals surface area contributed by atoms with Gasteiger partial charge in [-0.05, 0) is 26.0 Å². The fraction of sp³-hybridized carbons (Fsp3) is 0.588. The van der Waals surface area contributed by atoms with Crippen LogP contribution in [0.3, 0.4) is 0 Å². The van der Waals surface area contributed by atoms with Gasteiger partial charge in [0.25, 0.3) is 0 Å². The van der Waals surface area contributed by atoms with Gasteiger partial charge in [0.05, 0.1) is 5.41 Å². The van der Waals surface area contributed by atoms with Crippen molar-refractivity contribution in [2.75, 3.05) is 32.7 Å². The molecular weight excluding hydrogens is 248 g/mol. The zero-order chi connectivity index (χ0) is 14.6. The third-order valence-electron chi connectivity index (χ3n) is 4.50. The molecule has 0 saturated carbocycles. The first-order valence-electron chi connectivity index (χ1n) is 7.57. The average Bonchev–Trinajstić information content (AvgIpc) is 2.48. The molecule has 20 heavy (non-hydrogen) atoms. The highest BCUT2D eigenvalue weighted by atomic mass is 16.1. The monoisotopic (exact) mass is 274 g/mol. The molecule has 0 aromatic heterocycles. The molecule has 1 aliphatic rings. The molecule has 3 nitrogen and oxygen atoms in total. The Morgan fingerprint density at radius 2 is 2.00 bits per heavy atom. The Hall–Kier alpha value is -1.19. The average molecular weight is 274 g/mol. The van der Waals surface area contributed by atoms with Crippen LogP contribution in [0.25, 0.3) is 0 Å². The molecule has 110 valence electrons. The van der Waals surface area contributed by atoms with Crippen molar-refractivity contribution >= 4 is 6.29 Å². The van der Waals surface area contributed by atoms with E-state index in [1.807, 2.05) is 25.1 Å². The number of carbonyl (C=O) groups is 1. The van der Waals surface area contributed by atoms with Gasteiger partial charge in [-0.3, -0.25) is 9.80 Å². The molecule has 1 aliphatic heterocycles. The van der Waals surface area contributed by atoms with E-state index in [2.05, 4.69) is 35.8 Å². The van der Waals surface area contributed by atoms with Gasteiger partial charge in [-0.2, -0.15) is 0 Å². The largest absolute Gasteiger partial charge is 0.302 e. The first-order chi connectivity index (χ1) is 9.59. The Morgan fingerprint density at radius 3 is 2.55 bits per heavy atom. The van der Waals surface area contributed by atoms with Crippen molar-refractivity contribution in [3.8, 4) is 0 Å². The minimum absolute atomic E-state index is 0.407. The Bertz CT molecular complexity index is 434. The lowest BCUT2D eigenvalue weighted by molar-refractivity contribution is -0.113. The molecule has 1 saturated heterocycles. The van der Waals surface area contributed by atoms with Gasteiger partial charge in [-0.1, -0.05) is 37.3 Å². The van der Waals surface area contributed by atoms with Crippen molar-refractivity contribution in [2.24, 2.45) is 0 Å². The van der Waals surface area contributed by atoms with Crippen molar-refractivity contribution < 1.29 is 4.79 Å². The van der Waals surface area contributed by atoms with E-state index in [1.165, 1.54) is 0 Å². The molecule has 0 bridgehead atoms. The summed E-state index contributed by atoms with van der Waals surface area (Å²) in [6.07, 6.45) is 1.11. The van der Waals surface area contributed by atoms with Crippen molar-refractivity contribution in [2.45, 2.75) is 32.2 Å². The van der Waals surface area contributed by atoms with Crippen LogP contribution in [-0.4, -0.2) is 54.9 Å². The van der Waals surface area contributed by atoms with E-state index in [9.17, 15) is 4.79 Å². The predicted octanol–water partition coefficient (Wildman–Crippen LogP) is 2.17. The second kappa shape index (κ2) is 6.51. The molecule has 0 amide bonds. The van der Waals surface area contributed by atoms with Crippen LogP contribution in [0.15, 0.2) is 30.3 Å². The second-order valence-corrected chi connectivity index (χ2v) is 6.11. The fourth-order valence-electron chi connectivity index (χ4n) is 3.16. The highest BCUT2D eigenvalue weighted by Crippen LogP contribution is 2.24. The normalized spacial score (nSPS) is 24.2. The third kappa shape index (κ3) is 3.28. The summed E-state index contributed by atoms with van der Waals surface area (Å²) in [6.45, 7) is 11.6. The summed E-state index contributed by atoms with van der Waals surface area (Å²) < 4.78 is 0. The molecule has 2 atom stereocenters. The highest BCUT2D eigenvalue weighted by Gasteiger charge is 2.31. The minimum Gasteiger partial charge on any atom is -0.302 e. The zero-order valence-electron chi connectivity index (χ0n) is 12.9. The number of piperazine rings is 1. The quantitative estimate of drug-likeness (QED) is 0.769. The molecule has 1 aromatic rings. The van der Waals surface area contributed by atoms with Crippen LogP contribution >= 0.6 is 0 Å². The molecule has 1 heterocycles. The summed E-state index contributed by atoms with van der Waals surface area (Å²) in [5.41, 5.74) is 0.704. The lowest BCUT2D eigenvalue weighted by atomic mass is 9.83. The van der Waals surface area contributed by atoms with E-state index >= 15 is 0 Å². The van der Waals surface area contributed by atoms with Crippen LogP contribution in [0.2, 0.25) is 0 Å². The Kier molecular flexibility index (Phi) is 4.95. The molecule has 2 unspecified atom stereocenters. The van der Waals surface area contributed by atoms with Crippen LogP contribution in [0.1, 0.15) is 26.3 Å². The summed E-state index contributed by atoms with van der Waals surface area (Å²) in [7, 11) is 0. The van der Waals surface area contributed by atoms with Gasteiger partial charge in [-0.15, -0.1) is 0 Å². The van der Waals surface area contributed by atoms with Crippen LogP contribution < -0.4 is 0 Å². The number of hydrogen-bond donors (Lipinski definition) is 0. The molecule has 3 heteroatoms. The van der Waals surface area contributed by atoms with E-state index in [4.69, 9.17) is 0 Å². The van der Waals surface area contributed by atoms with Gasteiger partial charge >= 0.3 is 0 Å². The summed E-state index contributed by atoms with van der Waals surface area (Å²) >= 11 is 0. The molecular formula is C17H26N2O. The topological polar surface area (TPSA) is 23.6 Å². The molecule has 0 radical (unpaired) electrons. The van der Waals surface area contributed by atoms with E-state index in [1.54, 1.807) is 0 Å². The maximum absolute atomic E-state index is 11.7.